The summed E-state index contributed by atoms with van der Waals surface area (Å²) in [4.78, 5) is 56.2. The number of hydrogen-bond acceptors (Lipinski definition) is 8. The van der Waals surface area contributed by atoms with Crippen LogP contribution in [0.15, 0.2) is 95.0 Å². The molecule has 11 nitrogen and oxygen atoms in total. The van der Waals surface area contributed by atoms with Gasteiger partial charge in [-0.3, -0.25) is 14.5 Å². The van der Waals surface area contributed by atoms with Crippen LogP contribution in [0.25, 0.3) is 0 Å². The van der Waals surface area contributed by atoms with Gasteiger partial charge in [-0.1, -0.05) is 49.4 Å². The van der Waals surface area contributed by atoms with Crippen molar-refractivity contribution < 1.29 is 33.8 Å². The van der Waals surface area contributed by atoms with Crippen LogP contribution >= 0.6 is 0 Å². The lowest BCUT2D eigenvalue weighted by Gasteiger charge is -2.25. The SMILES string of the molecule is CCCNCCOC1=CC2=C(CC=C1)N(C)C(=O)N(c1ccc(CC(NC(=O)C3=C(C)C=CC=CC3O)C(=O)OC(C)C)cc1)C(=O)C2. The van der Waals surface area contributed by atoms with Gasteiger partial charge in [-0.15, -0.1) is 0 Å². The lowest BCUT2D eigenvalue weighted by Crippen LogP contribution is -2.46. The lowest BCUT2D eigenvalue weighted by atomic mass is 10.0. The van der Waals surface area contributed by atoms with Crippen LogP contribution in [0.4, 0.5) is 10.5 Å². The number of aliphatic hydroxyl groups is 1. The number of allylic oxidation sites excluding steroid dienone is 7. The molecule has 0 aromatic heterocycles. The maximum Gasteiger partial charge on any atom is 0.335 e. The fourth-order valence-electron chi connectivity index (χ4n) is 5.59. The van der Waals surface area contributed by atoms with Crippen LogP contribution in [0, 0.1) is 0 Å². The number of esters is 1. The molecule has 0 bridgehead atoms. The Morgan fingerprint density at radius 1 is 1.08 bits per heavy atom. The fraction of sp³-hybridized carbons (Fsp3) is 0.405. The van der Waals surface area contributed by atoms with E-state index >= 15 is 0 Å². The number of urea groups is 1. The van der Waals surface area contributed by atoms with Gasteiger partial charge in [-0.25, -0.2) is 14.5 Å². The molecule has 2 aliphatic carbocycles. The van der Waals surface area contributed by atoms with Gasteiger partial charge in [0.1, 0.15) is 24.5 Å². The van der Waals surface area contributed by atoms with E-state index in [1.807, 2.05) is 18.2 Å². The Bertz CT molecular complexity index is 1570. The van der Waals surface area contributed by atoms with E-state index in [2.05, 4.69) is 17.6 Å². The molecule has 0 radical (unpaired) electrons. The molecule has 2 unspecified atom stereocenters. The number of aliphatic hydroxyl groups excluding tert-OH is 1. The molecule has 3 N–H and O–H groups in total. The molecule has 2 atom stereocenters. The molecule has 0 fully saturated rings. The highest BCUT2D eigenvalue weighted by Crippen LogP contribution is 2.31. The van der Waals surface area contributed by atoms with E-state index in [1.54, 1.807) is 70.3 Å². The number of rotatable bonds is 13. The monoisotopic (exact) mass is 658 g/mol. The summed E-state index contributed by atoms with van der Waals surface area (Å²) in [5, 5.41) is 16.6. The van der Waals surface area contributed by atoms with Crippen molar-refractivity contribution in [2.45, 2.75) is 71.6 Å². The number of anilines is 1. The van der Waals surface area contributed by atoms with E-state index < -0.39 is 36.2 Å². The number of hydrogen-bond donors (Lipinski definition) is 3. The third kappa shape index (κ3) is 9.20. The Kier molecular flexibility index (Phi) is 12.7. The number of amides is 4. The van der Waals surface area contributed by atoms with E-state index in [9.17, 15) is 24.3 Å². The van der Waals surface area contributed by atoms with Crippen molar-refractivity contribution in [3.8, 4) is 0 Å². The van der Waals surface area contributed by atoms with Crippen molar-refractivity contribution in [3.05, 3.63) is 101 Å². The number of ether oxygens (including phenoxy) is 2. The molecule has 256 valence electrons. The number of carbonyl (C=O) groups is 4. The first-order chi connectivity index (χ1) is 23.0. The maximum atomic E-state index is 13.7. The van der Waals surface area contributed by atoms with Gasteiger partial charge in [-0.2, -0.15) is 0 Å². The Balaban J connectivity index is 1.50. The van der Waals surface area contributed by atoms with Crippen molar-refractivity contribution in [2.24, 2.45) is 0 Å². The predicted octanol–water partition coefficient (Wildman–Crippen LogP) is 4.37. The highest BCUT2D eigenvalue weighted by molar-refractivity contribution is 6.16. The molecule has 0 saturated heterocycles. The second-order valence-electron chi connectivity index (χ2n) is 12.1. The Morgan fingerprint density at radius 3 is 2.54 bits per heavy atom. The van der Waals surface area contributed by atoms with Gasteiger partial charge in [0, 0.05) is 32.1 Å². The summed E-state index contributed by atoms with van der Waals surface area (Å²) in [5.74, 6) is -0.953. The zero-order valence-electron chi connectivity index (χ0n) is 28.3. The minimum atomic E-state index is -1.13. The molecule has 11 heteroatoms. The van der Waals surface area contributed by atoms with E-state index in [0.29, 0.717) is 47.7 Å². The van der Waals surface area contributed by atoms with Crippen LogP contribution in [0.2, 0.25) is 0 Å². The first kappa shape index (κ1) is 36.1. The summed E-state index contributed by atoms with van der Waals surface area (Å²) >= 11 is 0. The number of nitrogens with zero attached hydrogens (tertiary/aromatic N) is 2. The molecule has 1 aliphatic heterocycles. The number of benzene rings is 1. The van der Waals surface area contributed by atoms with Crippen molar-refractivity contribution in [1.82, 2.24) is 15.5 Å². The molecule has 0 saturated carbocycles. The van der Waals surface area contributed by atoms with Gasteiger partial charge >= 0.3 is 12.0 Å². The highest BCUT2D eigenvalue weighted by atomic mass is 16.5. The molecule has 1 aromatic rings. The second-order valence-corrected chi connectivity index (χ2v) is 12.1. The van der Waals surface area contributed by atoms with Gasteiger partial charge in [0.05, 0.1) is 23.8 Å². The van der Waals surface area contributed by atoms with Crippen molar-refractivity contribution in [2.75, 3.05) is 31.6 Å². The van der Waals surface area contributed by atoms with Gasteiger partial charge in [-0.05, 0) is 74.7 Å². The van der Waals surface area contributed by atoms with E-state index in [0.717, 1.165) is 23.6 Å². The quantitative estimate of drug-likeness (QED) is 0.210. The number of nitrogens with one attached hydrogen (secondary N) is 2. The maximum absolute atomic E-state index is 13.7. The number of carbonyl (C=O) groups excluding carboxylic acids is 4. The molecular weight excluding hydrogens is 612 g/mol. The summed E-state index contributed by atoms with van der Waals surface area (Å²) in [7, 11) is 1.65. The fourth-order valence-corrected chi connectivity index (χ4v) is 5.59. The molecule has 1 heterocycles. The molecule has 4 amide bonds. The third-order valence-electron chi connectivity index (χ3n) is 8.02. The van der Waals surface area contributed by atoms with Gasteiger partial charge in [0.2, 0.25) is 5.91 Å². The summed E-state index contributed by atoms with van der Waals surface area (Å²) in [6.45, 7) is 9.34. The standard InChI is InChI=1S/C37H46N4O7/c1-6-18-38-19-20-47-29-11-9-12-31-27(22-29)23-33(43)41(37(46)40(31)5)28-16-14-26(15-17-28)21-30(36(45)48-24(2)3)39-35(44)34-25(4)10-7-8-13-32(34)42/h7-11,13-17,22,24,30,32,38,42H,6,12,18-21,23H2,1-5H3,(H,39,44). The average Bonchev–Trinajstić information content (AvgIpc) is 3.38. The van der Waals surface area contributed by atoms with Crippen molar-refractivity contribution >= 4 is 29.5 Å². The van der Waals surface area contributed by atoms with Crippen LogP contribution in [0.1, 0.15) is 52.5 Å². The lowest BCUT2D eigenvalue weighted by molar-refractivity contribution is -0.151. The van der Waals surface area contributed by atoms with Crippen LogP contribution in [0.3, 0.4) is 0 Å². The Labute approximate surface area is 282 Å². The summed E-state index contributed by atoms with van der Waals surface area (Å²) in [6.07, 6.45) is 12.2. The van der Waals surface area contributed by atoms with E-state index in [4.69, 9.17) is 9.47 Å². The Hall–Kier alpha value is -4.74. The van der Waals surface area contributed by atoms with E-state index in [1.165, 1.54) is 11.0 Å². The zero-order valence-corrected chi connectivity index (χ0v) is 28.3. The van der Waals surface area contributed by atoms with Crippen LogP contribution in [0.5, 0.6) is 0 Å². The largest absolute Gasteiger partial charge is 0.492 e. The topological polar surface area (TPSA) is 138 Å². The van der Waals surface area contributed by atoms with E-state index in [-0.39, 0.29) is 24.3 Å². The van der Waals surface area contributed by atoms with Crippen LogP contribution in [-0.4, -0.2) is 78.8 Å². The van der Waals surface area contributed by atoms with Gasteiger partial charge < -0.3 is 25.2 Å². The molecule has 4 rings (SSSR count). The van der Waals surface area contributed by atoms with Gasteiger partial charge in [0.25, 0.3) is 5.91 Å². The molecule has 1 aromatic carbocycles. The van der Waals surface area contributed by atoms with Gasteiger partial charge in [0.15, 0.2) is 0 Å². The average molecular weight is 659 g/mol. The normalized spacial score (nSPS) is 18.7. The minimum Gasteiger partial charge on any atom is -0.492 e. The highest BCUT2D eigenvalue weighted by Gasteiger charge is 2.34. The smallest absolute Gasteiger partial charge is 0.335 e. The summed E-state index contributed by atoms with van der Waals surface area (Å²) < 4.78 is 11.4. The zero-order chi connectivity index (χ0) is 34.8. The minimum absolute atomic E-state index is 0.0104. The first-order valence-electron chi connectivity index (χ1n) is 16.4. The third-order valence-corrected chi connectivity index (χ3v) is 8.02. The predicted molar refractivity (Wildman–Crippen MR) is 184 cm³/mol. The van der Waals surface area contributed by atoms with Crippen molar-refractivity contribution in [1.29, 1.82) is 0 Å². The number of imide groups is 1. The molecular formula is C37H46N4O7. The molecule has 3 aliphatic rings. The Morgan fingerprint density at radius 2 is 1.83 bits per heavy atom. The van der Waals surface area contributed by atoms with Crippen molar-refractivity contribution in [3.63, 3.8) is 0 Å². The summed E-state index contributed by atoms with van der Waals surface area (Å²) in [5.41, 5.74) is 3.20. The summed E-state index contributed by atoms with van der Waals surface area (Å²) in [6, 6.07) is 5.17. The molecule has 48 heavy (non-hydrogen) atoms. The van der Waals surface area contributed by atoms with Crippen LogP contribution in [-0.2, 0) is 30.3 Å². The first-order valence-corrected chi connectivity index (χ1v) is 16.4. The second kappa shape index (κ2) is 16.9. The van der Waals surface area contributed by atoms with Crippen LogP contribution < -0.4 is 15.5 Å². The molecule has 0 spiro atoms.